The predicted octanol–water partition coefficient (Wildman–Crippen LogP) is 9.79. The van der Waals surface area contributed by atoms with Gasteiger partial charge in [0.2, 0.25) is 0 Å². The van der Waals surface area contributed by atoms with E-state index >= 15 is 0 Å². The molecule has 69 heavy (non-hydrogen) atoms. The number of carbonyl (C=O) groups is 3. The molecule has 0 aliphatic carbocycles. The molecule has 14 heteroatoms. The van der Waals surface area contributed by atoms with Crippen molar-refractivity contribution in [3.05, 3.63) is 124 Å². The molecule has 5 aromatic rings. The average molecular weight is 934 g/mol. The zero-order valence-electron chi connectivity index (χ0n) is 40.5. The van der Waals surface area contributed by atoms with Crippen LogP contribution in [0.3, 0.4) is 0 Å². The Morgan fingerprint density at radius 1 is 0.667 bits per heavy atom. The van der Waals surface area contributed by atoms with E-state index in [2.05, 4.69) is 37.9 Å². The molecule has 4 aliphatic rings. The van der Waals surface area contributed by atoms with Crippen LogP contribution < -0.4 is 33.6 Å². The summed E-state index contributed by atoms with van der Waals surface area (Å²) in [6.45, 7) is 9.07. The number of amides is 2. The fourth-order valence-corrected chi connectivity index (χ4v) is 9.47. The van der Waals surface area contributed by atoms with Crippen LogP contribution >= 0.6 is 0 Å². The molecular weight excluding hydrogens is 875 g/mol. The molecule has 5 aromatic carbocycles. The molecule has 0 unspecified atom stereocenters. The molecule has 0 bridgehead atoms. The van der Waals surface area contributed by atoms with Gasteiger partial charge in [-0.25, -0.2) is 0 Å². The first-order valence-corrected chi connectivity index (χ1v) is 23.4. The summed E-state index contributed by atoms with van der Waals surface area (Å²) in [7, 11) is 6.56. The minimum Gasteiger partial charge on any atom is -0.493 e. The number of carbonyl (C=O) groups excluding carboxylic acids is 3. The Morgan fingerprint density at radius 3 is 1.64 bits per heavy atom. The average Bonchev–Trinajstić information content (AvgIpc) is 3.84. The number of aliphatic imine (C=N–C) groups is 2. The minimum atomic E-state index is -0.514. The van der Waals surface area contributed by atoms with Crippen LogP contribution in [0.1, 0.15) is 89.9 Å². The molecule has 0 spiro atoms. The van der Waals surface area contributed by atoms with Gasteiger partial charge in [0.15, 0.2) is 23.0 Å². The molecule has 14 nitrogen and oxygen atoms in total. The molecule has 0 N–H and O–H groups in total. The van der Waals surface area contributed by atoms with E-state index in [1.54, 1.807) is 38.5 Å². The van der Waals surface area contributed by atoms with E-state index in [4.69, 9.17) is 38.4 Å². The van der Waals surface area contributed by atoms with Gasteiger partial charge in [0.1, 0.15) is 13.2 Å². The third-order valence-electron chi connectivity index (χ3n) is 13.7. The lowest BCUT2D eigenvalue weighted by Crippen LogP contribution is -2.43. The largest absolute Gasteiger partial charge is 0.493 e. The van der Waals surface area contributed by atoms with E-state index in [9.17, 15) is 14.4 Å². The van der Waals surface area contributed by atoms with Crippen molar-refractivity contribution in [3.63, 3.8) is 0 Å². The molecule has 358 valence electrons. The maximum Gasteiger partial charge on any atom is 0.305 e. The normalized spacial score (nSPS) is 16.6. The maximum absolute atomic E-state index is 14.1. The Hall–Kier alpha value is -7.19. The van der Waals surface area contributed by atoms with E-state index in [1.807, 2.05) is 90.7 Å². The summed E-state index contributed by atoms with van der Waals surface area (Å²) in [5.74, 6) is 1.17. The summed E-state index contributed by atoms with van der Waals surface area (Å²) in [4.78, 5) is 55.5. The van der Waals surface area contributed by atoms with E-state index in [0.29, 0.717) is 77.8 Å². The molecule has 4 heterocycles. The zero-order valence-corrected chi connectivity index (χ0v) is 40.5. The summed E-state index contributed by atoms with van der Waals surface area (Å²) in [6, 6.07) is 28.7. The van der Waals surface area contributed by atoms with Crippen LogP contribution in [0.5, 0.6) is 23.0 Å². The lowest BCUT2D eigenvalue weighted by Gasteiger charge is -2.39. The van der Waals surface area contributed by atoms with Crippen molar-refractivity contribution in [3.8, 4) is 23.0 Å². The highest BCUT2D eigenvalue weighted by Crippen LogP contribution is 2.43. The summed E-state index contributed by atoms with van der Waals surface area (Å²) in [5.41, 5.74) is 7.62. The third kappa shape index (κ3) is 9.50. The van der Waals surface area contributed by atoms with Crippen LogP contribution in [0.4, 0.5) is 28.4 Å². The molecule has 0 radical (unpaired) electrons. The maximum atomic E-state index is 14.1. The number of hydrogen-bond acceptors (Lipinski definition) is 12. The zero-order chi connectivity index (χ0) is 48.6. The van der Waals surface area contributed by atoms with Crippen molar-refractivity contribution in [1.29, 1.82) is 0 Å². The molecule has 2 atom stereocenters. The molecular formula is C55H59N5O9. The predicted molar refractivity (Wildman–Crippen MR) is 267 cm³/mol. The summed E-state index contributed by atoms with van der Waals surface area (Å²) in [6.07, 6.45) is 6.56. The third-order valence-corrected chi connectivity index (χ3v) is 13.7. The smallest absolute Gasteiger partial charge is 0.305 e. The van der Waals surface area contributed by atoms with Gasteiger partial charge >= 0.3 is 5.97 Å². The Bertz CT molecular complexity index is 2710. The first kappa shape index (κ1) is 46.9. The van der Waals surface area contributed by atoms with Crippen LogP contribution in [0.15, 0.2) is 101 Å². The van der Waals surface area contributed by atoms with Crippen molar-refractivity contribution in [1.82, 2.24) is 0 Å². The van der Waals surface area contributed by atoms with E-state index in [1.165, 1.54) is 7.11 Å². The molecule has 0 aromatic heterocycles. The van der Waals surface area contributed by atoms with Crippen LogP contribution in [-0.4, -0.2) is 88.4 Å². The van der Waals surface area contributed by atoms with Gasteiger partial charge in [0, 0.05) is 80.1 Å². The first-order chi connectivity index (χ1) is 33.2. The highest BCUT2D eigenvalue weighted by atomic mass is 16.5. The minimum absolute atomic E-state index is 0.143. The van der Waals surface area contributed by atoms with Gasteiger partial charge in [-0.3, -0.25) is 34.2 Å². The van der Waals surface area contributed by atoms with Gasteiger partial charge < -0.3 is 33.3 Å². The van der Waals surface area contributed by atoms with Gasteiger partial charge in [0.25, 0.3) is 11.8 Å². The van der Waals surface area contributed by atoms with E-state index in [0.717, 1.165) is 39.3 Å². The Kier molecular flexibility index (Phi) is 13.0. The second-order valence-electron chi connectivity index (χ2n) is 19.1. The molecule has 0 fully saturated rings. The van der Waals surface area contributed by atoms with Gasteiger partial charge in [-0.05, 0) is 105 Å². The highest BCUT2D eigenvalue weighted by Gasteiger charge is 2.38. The number of benzene rings is 5. The van der Waals surface area contributed by atoms with Crippen molar-refractivity contribution in [2.24, 2.45) is 9.98 Å². The first-order valence-electron chi connectivity index (χ1n) is 23.4. The van der Waals surface area contributed by atoms with Gasteiger partial charge in [-0.15, -0.1) is 0 Å². The van der Waals surface area contributed by atoms with Crippen LogP contribution in [0.2, 0.25) is 0 Å². The fraction of sp³-hybridized carbons (Fsp3) is 0.364. The summed E-state index contributed by atoms with van der Waals surface area (Å²) < 4.78 is 36.0. The number of nitrogens with zero attached hydrogens (tertiary/aromatic N) is 5. The van der Waals surface area contributed by atoms with Crippen LogP contribution in [-0.2, 0) is 40.3 Å². The molecule has 4 aliphatic heterocycles. The van der Waals surface area contributed by atoms with E-state index < -0.39 is 5.60 Å². The van der Waals surface area contributed by atoms with Gasteiger partial charge in [-0.2, -0.15) is 0 Å². The number of rotatable bonds is 17. The lowest BCUT2D eigenvalue weighted by molar-refractivity contribution is -0.142. The monoisotopic (exact) mass is 933 g/mol. The lowest BCUT2D eigenvalue weighted by atomic mass is 9.96. The molecule has 2 amide bonds. The standard InChI is InChI=1S/C55H59N5O9/c1-54(2,19-20-69-55(3,4)18-17-51(61)66-8)58(5)38-22-34(32-67-49-28-43-41(26-47(49)64-6)52(62)59-39(30-56-43)24-36-13-9-11-15-45(36)59)21-35(23-38)33-68-50-29-44-42(27-48(50)65-7)53(63)60-40(31-57-44)25-37-14-10-12-16-46(37)60/h9-16,21-23,26-31,39-40H,17-20,24-25,32-33H2,1-8H3/t39-,40-/m0/s1. The topological polar surface area (TPSA) is 141 Å². The number of methoxy groups -OCH3 is 3. The second-order valence-corrected chi connectivity index (χ2v) is 19.1. The summed E-state index contributed by atoms with van der Waals surface area (Å²) in [5, 5.41) is 0. The molecule has 0 saturated heterocycles. The quantitative estimate of drug-likeness (QED) is 0.0828. The van der Waals surface area contributed by atoms with E-state index in [-0.39, 0.29) is 55.0 Å². The van der Waals surface area contributed by atoms with Crippen molar-refractivity contribution in [2.45, 2.75) is 96.2 Å². The Labute approximate surface area is 403 Å². The Balaban J connectivity index is 0.981. The number of hydrogen-bond donors (Lipinski definition) is 0. The number of esters is 1. The second kappa shape index (κ2) is 19.1. The highest BCUT2D eigenvalue weighted by molar-refractivity contribution is 6.16. The molecule has 9 rings (SSSR count). The fourth-order valence-electron chi connectivity index (χ4n) is 9.47. The van der Waals surface area contributed by atoms with Crippen molar-refractivity contribution >= 4 is 58.6 Å². The van der Waals surface area contributed by atoms with Gasteiger partial charge in [0.05, 0.1) is 61.5 Å². The molecule has 0 saturated carbocycles. The number of anilines is 3. The number of ether oxygens (including phenoxy) is 6. The van der Waals surface area contributed by atoms with Crippen molar-refractivity contribution < 1.29 is 42.8 Å². The summed E-state index contributed by atoms with van der Waals surface area (Å²) >= 11 is 0. The SMILES string of the molecule is COC(=O)CCC(C)(C)OCCC(C)(C)N(C)c1cc(COc2cc3c(cc2OC)C(=O)N2c4ccccc4C[C@H]2C=N3)cc(COc2cc3c(cc2OC)C(=O)N2c4ccccc4C[C@H]2C=N3)c1. The Morgan fingerprint density at radius 2 is 1.16 bits per heavy atom. The van der Waals surface area contributed by atoms with Crippen LogP contribution in [0, 0.1) is 0 Å². The van der Waals surface area contributed by atoms with Gasteiger partial charge in [-0.1, -0.05) is 36.4 Å². The van der Waals surface area contributed by atoms with Crippen molar-refractivity contribution in [2.75, 3.05) is 49.7 Å². The van der Waals surface area contributed by atoms with Crippen LogP contribution in [0.25, 0.3) is 0 Å². The number of para-hydroxylation sites is 2. The number of fused-ring (bicyclic) bond motifs is 8.